The maximum Gasteiger partial charge on any atom is 0.422 e. The van der Waals surface area contributed by atoms with Crippen molar-refractivity contribution in [1.29, 1.82) is 0 Å². The molecule has 27 heavy (non-hydrogen) atoms. The van der Waals surface area contributed by atoms with Crippen molar-refractivity contribution in [3.05, 3.63) is 47.7 Å². The van der Waals surface area contributed by atoms with Crippen LogP contribution < -0.4 is 20.1 Å². The third kappa shape index (κ3) is 5.50. The number of aromatic nitrogens is 1. The normalized spacial score (nSPS) is 13.3. The molecular weight excluding hydrogens is 363 g/mol. The lowest BCUT2D eigenvalue weighted by molar-refractivity contribution is -0.154. The van der Waals surface area contributed by atoms with Crippen molar-refractivity contribution in [2.24, 2.45) is 0 Å². The Morgan fingerprint density at radius 1 is 1.30 bits per heavy atom. The van der Waals surface area contributed by atoms with Gasteiger partial charge in [-0.15, -0.1) is 0 Å². The van der Waals surface area contributed by atoms with E-state index in [1.807, 2.05) is 12.1 Å². The number of benzene rings is 1. The molecule has 0 spiro atoms. The van der Waals surface area contributed by atoms with Gasteiger partial charge in [0, 0.05) is 18.8 Å². The van der Waals surface area contributed by atoms with E-state index in [0.717, 1.165) is 18.4 Å². The van der Waals surface area contributed by atoms with E-state index in [2.05, 4.69) is 20.4 Å². The van der Waals surface area contributed by atoms with E-state index >= 15 is 0 Å². The Morgan fingerprint density at radius 2 is 2.15 bits per heavy atom. The number of carbonyl (C=O) groups excluding carboxylic acids is 1. The standard InChI is InChI=1S/C18H18F3N3O3/c19-18(20,21)11-27-15-9-12(6-7-22-15)10-23-17(25)24-14-5-1-3-13-4-2-8-26-16(13)14/h1,3,5-7,9H,2,4,8,10-11H2,(H2,23,24,25). The first kappa shape index (κ1) is 18.8. The SMILES string of the molecule is O=C(NCc1ccnc(OCC(F)(F)F)c1)Nc1cccc2c1OCCC2. The molecule has 0 aliphatic carbocycles. The second-order valence-corrected chi connectivity index (χ2v) is 5.96. The monoisotopic (exact) mass is 381 g/mol. The summed E-state index contributed by atoms with van der Waals surface area (Å²) in [4.78, 5) is 15.9. The molecule has 2 amide bonds. The van der Waals surface area contributed by atoms with Gasteiger partial charge < -0.3 is 20.1 Å². The first-order valence-corrected chi connectivity index (χ1v) is 8.35. The average molecular weight is 381 g/mol. The van der Waals surface area contributed by atoms with Crippen LogP contribution in [0.15, 0.2) is 36.5 Å². The lowest BCUT2D eigenvalue weighted by Gasteiger charge is -2.20. The number of halogens is 3. The molecule has 1 aliphatic rings. The zero-order valence-corrected chi connectivity index (χ0v) is 14.3. The summed E-state index contributed by atoms with van der Waals surface area (Å²) >= 11 is 0. The van der Waals surface area contributed by atoms with Crippen LogP contribution in [0.2, 0.25) is 0 Å². The molecule has 3 rings (SSSR count). The maximum atomic E-state index is 12.2. The predicted octanol–water partition coefficient (Wildman–Crippen LogP) is 3.67. The fourth-order valence-electron chi connectivity index (χ4n) is 2.63. The third-order valence-corrected chi connectivity index (χ3v) is 3.82. The Hall–Kier alpha value is -2.97. The number of urea groups is 1. The predicted molar refractivity (Wildman–Crippen MR) is 91.9 cm³/mol. The van der Waals surface area contributed by atoms with E-state index in [1.165, 1.54) is 12.3 Å². The summed E-state index contributed by atoms with van der Waals surface area (Å²) < 4.78 is 46.8. The van der Waals surface area contributed by atoms with Gasteiger partial charge in [-0.3, -0.25) is 0 Å². The van der Waals surface area contributed by atoms with E-state index in [4.69, 9.17) is 4.74 Å². The number of nitrogens with zero attached hydrogens (tertiary/aromatic N) is 1. The molecule has 0 unspecified atom stereocenters. The van der Waals surface area contributed by atoms with Crippen molar-refractivity contribution in [3.8, 4) is 11.6 Å². The van der Waals surface area contributed by atoms with E-state index in [-0.39, 0.29) is 12.4 Å². The molecule has 9 heteroatoms. The number of hydrogen-bond donors (Lipinski definition) is 2. The molecule has 144 valence electrons. The van der Waals surface area contributed by atoms with Gasteiger partial charge in [0.2, 0.25) is 5.88 Å². The van der Waals surface area contributed by atoms with E-state index < -0.39 is 18.8 Å². The molecule has 0 saturated carbocycles. The summed E-state index contributed by atoms with van der Waals surface area (Å²) in [5.74, 6) is 0.517. The van der Waals surface area contributed by atoms with Gasteiger partial charge in [0.15, 0.2) is 6.61 Å². The molecule has 0 saturated heterocycles. The first-order chi connectivity index (χ1) is 12.9. The molecule has 1 aromatic carbocycles. The topological polar surface area (TPSA) is 72.5 Å². The fourth-order valence-corrected chi connectivity index (χ4v) is 2.63. The number of rotatable bonds is 5. The Kier molecular flexibility index (Phi) is 5.68. The number of nitrogens with one attached hydrogen (secondary N) is 2. The van der Waals surface area contributed by atoms with Gasteiger partial charge in [-0.25, -0.2) is 9.78 Å². The van der Waals surface area contributed by atoms with E-state index in [1.54, 1.807) is 12.1 Å². The van der Waals surface area contributed by atoms with Crippen LogP contribution in [0.3, 0.4) is 0 Å². The van der Waals surface area contributed by atoms with Crippen LogP contribution in [0.1, 0.15) is 17.5 Å². The second-order valence-electron chi connectivity index (χ2n) is 5.96. The van der Waals surface area contributed by atoms with E-state index in [9.17, 15) is 18.0 Å². The number of aryl methyl sites for hydroxylation is 1. The lowest BCUT2D eigenvalue weighted by atomic mass is 10.1. The summed E-state index contributed by atoms with van der Waals surface area (Å²) in [6.07, 6.45) is -1.29. The van der Waals surface area contributed by atoms with Crippen LogP contribution in [0, 0.1) is 0 Å². The van der Waals surface area contributed by atoms with Crippen LogP contribution in [-0.4, -0.2) is 30.4 Å². The van der Waals surface area contributed by atoms with Crippen LogP contribution in [0.25, 0.3) is 0 Å². The zero-order valence-electron chi connectivity index (χ0n) is 14.3. The third-order valence-electron chi connectivity index (χ3n) is 3.82. The number of ether oxygens (including phenoxy) is 2. The quantitative estimate of drug-likeness (QED) is 0.829. The highest BCUT2D eigenvalue weighted by Gasteiger charge is 2.28. The van der Waals surface area contributed by atoms with Gasteiger partial charge in [0.05, 0.1) is 12.3 Å². The lowest BCUT2D eigenvalue weighted by Crippen LogP contribution is -2.28. The highest BCUT2D eigenvalue weighted by molar-refractivity contribution is 5.91. The maximum absolute atomic E-state index is 12.2. The smallest absolute Gasteiger partial charge is 0.422 e. The number of carbonyl (C=O) groups is 1. The largest absolute Gasteiger partial charge is 0.491 e. The summed E-state index contributed by atoms with van der Waals surface area (Å²) in [6, 6.07) is 8.02. The molecule has 1 aliphatic heterocycles. The second kappa shape index (κ2) is 8.15. The van der Waals surface area contributed by atoms with Gasteiger partial charge >= 0.3 is 12.2 Å². The Bertz CT molecular complexity index is 812. The highest BCUT2D eigenvalue weighted by Crippen LogP contribution is 2.32. The molecule has 0 fully saturated rings. The number of alkyl halides is 3. The minimum absolute atomic E-state index is 0.104. The number of pyridine rings is 1. The number of amides is 2. The minimum Gasteiger partial charge on any atom is -0.491 e. The minimum atomic E-state index is -4.44. The van der Waals surface area contributed by atoms with Crippen molar-refractivity contribution in [1.82, 2.24) is 10.3 Å². The molecule has 0 bridgehead atoms. The molecule has 6 nitrogen and oxygen atoms in total. The molecule has 0 atom stereocenters. The van der Waals surface area contributed by atoms with Crippen LogP contribution >= 0.6 is 0 Å². The number of anilines is 1. The molecule has 2 aromatic rings. The Labute approximate surface area is 153 Å². The molecule has 1 aromatic heterocycles. The van der Waals surface area contributed by atoms with Crippen molar-refractivity contribution < 1.29 is 27.4 Å². The van der Waals surface area contributed by atoms with Crippen LogP contribution in [0.4, 0.5) is 23.7 Å². The van der Waals surface area contributed by atoms with Gasteiger partial charge in [0.25, 0.3) is 0 Å². The van der Waals surface area contributed by atoms with Crippen molar-refractivity contribution in [2.75, 3.05) is 18.5 Å². The fraction of sp³-hybridized carbons (Fsp3) is 0.333. The molecule has 2 heterocycles. The summed E-state index contributed by atoms with van der Waals surface area (Å²) in [6.45, 7) is -0.714. The van der Waals surface area contributed by atoms with Crippen molar-refractivity contribution >= 4 is 11.7 Å². The van der Waals surface area contributed by atoms with Crippen molar-refractivity contribution in [3.63, 3.8) is 0 Å². The molecule has 2 N–H and O–H groups in total. The van der Waals surface area contributed by atoms with E-state index in [0.29, 0.717) is 23.6 Å². The average Bonchev–Trinajstić information content (AvgIpc) is 2.65. The molecule has 0 radical (unpaired) electrons. The summed E-state index contributed by atoms with van der Waals surface area (Å²) in [5, 5.41) is 5.37. The number of para-hydroxylation sites is 1. The zero-order chi connectivity index (χ0) is 19.3. The van der Waals surface area contributed by atoms with Gasteiger partial charge in [-0.1, -0.05) is 12.1 Å². The van der Waals surface area contributed by atoms with Gasteiger partial charge in [-0.05, 0) is 36.1 Å². The van der Waals surface area contributed by atoms with Crippen molar-refractivity contribution in [2.45, 2.75) is 25.6 Å². The van der Waals surface area contributed by atoms with Gasteiger partial charge in [0.1, 0.15) is 5.75 Å². The molecular formula is C18H18F3N3O3. The van der Waals surface area contributed by atoms with Crippen LogP contribution in [0.5, 0.6) is 11.6 Å². The number of hydrogen-bond acceptors (Lipinski definition) is 4. The summed E-state index contributed by atoms with van der Waals surface area (Å²) in [7, 11) is 0. The first-order valence-electron chi connectivity index (χ1n) is 8.35. The van der Waals surface area contributed by atoms with Gasteiger partial charge in [-0.2, -0.15) is 13.2 Å². The van der Waals surface area contributed by atoms with Crippen LogP contribution in [-0.2, 0) is 13.0 Å². The Morgan fingerprint density at radius 3 is 2.96 bits per heavy atom. The highest BCUT2D eigenvalue weighted by atomic mass is 19.4. The Balaban J connectivity index is 1.55. The summed E-state index contributed by atoms with van der Waals surface area (Å²) in [5.41, 5.74) is 2.18. The number of fused-ring (bicyclic) bond motifs is 1.